The number of carbonyl (C=O) groups excluding carboxylic acids is 1. The van der Waals surface area contributed by atoms with Crippen LogP contribution in [-0.4, -0.2) is 43.5 Å². The van der Waals surface area contributed by atoms with Gasteiger partial charge >= 0.3 is 0 Å². The van der Waals surface area contributed by atoms with Crippen molar-refractivity contribution in [1.29, 1.82) is 0 Å². The Kier molecular flexibility index (Phi) is 4.15. The second kappa shape index (κ2) is 5.82. The van der Waals surface area contributed by atoms with Crippen molar-refractivity contribution >= 4 is 5.91 Å². The third kappa shape index (κ3) is 3.56. The van der Waals surface area contributed by atoms with Crippen LogP contribution in [0.3, 0.4) is 0 Å². The molecule has 1 aliphatic heterocycles. The number of piperazine rings is 1. The Morgan fingerprint density at radius 1 is 1.24 bits per heavy atom. The Morgan fingerprint density at radius 2 is 1.88 bits per heavy atom. The number of hydrogen-bond acceptors (Lipinski definition) is 1. The van der Waals surface area contributed by atoms with Gasteiger partial charge in [-0.3, -0.25) is 4.79 Å². The van der Waals surface area contributed by atoms with Gasteiger partial charge in [0.2, 0.25) is 5.91 Å². The molecule has 0 aromatic heterocycles. The van der Waals surface area contributed by atoms with Gasteiger partial charge < -0.3 is 9.80 Å². The first-order chi connectivity index (χ1) is 8.25. The molecule has 0 radical (unpaired) electrons. The SMILES string of the molecule is CC(=O)N1CC[NH+](CCc2ccccc2)CC1. The first kappa shape index (κ1) is 12.1. The van der Waals surface area contributed by atoms with Crippen molar-refractivity contribution in [3.8, 4) is 0 Å². The highest BCUT2D eigenvalue weighted by Gasteiger charge is 2.20. The first-order valence-electron chi connectivity index (χ1n) is 6.39. The molecule has 0 spiro atoms. The summed E-state index contributed by atoms with van der Waals surface area (Å²) >= 11 is 0. The van der Waals surface area contributed by atoms with Gasteiger partial charge in [-0.15, -0.1) is 0 Å². The highest BCUT2D eigenvalue weighted by Crippen LogP contribution is 1.97. The Labute approximate surface area is 103 Å². The number of benzene rings is 1. The number of rotatable bonds is 3. The fourth-order valence-corrected chi connectivity index (χ4v) is 2.35. The maximum atomic E-state index is 11.2. The molecule has 3 heteroatoms. The van der Waals surface area contributed by atoms with Gasteiger partial charge in [0, 0.05) is 13.3 Å². The summed E-state index contributed by atoms with van der Waals surface area (Å²) in [6.45, 7) is 6.85. The van der Waals surface area contributed by atoms with Gasteiger partial charge in [0.1, 0.15) is 0 Å². The first-order valence-corrected chi connectivity index (χ1v) is 6.39. The minimum absolute atomic E-state index is 0.215. The van der Waals surface area contributed by atoms with E-state index in [1.807, 2.05) is 4.90 Å². The molecule has 1 fully saturated rings. The van der Waals surface area contributed by atoms with Gasteiger partial charge in [0.05, 0.1) is 32.7 Å². The lowest BCUT2D eigenvalue weighted by atomic mass is 10.1. The van der Waals surface area contributed by atoms with E-state index >= 15 is 0 Å². The minimum Gasteiger partial charge on any atom is -0.332 e. The van der Waals surface area contributed by atoms with Gasteiger partial charge in [-0.2, -0.15) is 0 Å². The van der Waals surface area contributed by atoms with Crippen LogP contribution in [0.5, 0.6) is 0 Å². The molecule has 1 heterocycles. The van der Waals surface area contributed by atoms with E-state index in [0.29, 0.717) is 0 Å². The number of quaternary nitrogens is 1. The number of nitrogens with one attached hydrogen (secondary N) is 1. The molecule has 1 N–H and O–H groups in total. The quantitative estimate of drug-likeness (QED) is 0.779. The largest absolute Gasteiger partial charge is 0.332 e. The molecule has 1 aromatic carbocycles. The van der Waals surface area contributed by atoms with E-state index in [1.54, 1.807) is 11.8 Å². The topological polar surface area (TPSA) is 24.8 Å². The molecule has 0 atom stereocenters. The molecule has 0 saturated carbocycles. The van der Waals surface area contributed by atoms with Crippen LogP contribution in [0.25, 0.3) is 0 Å². The Hall–Kier alpha value is -1.35. The van der Waals surface area contributed by atoms with Gasteiger partial charge in [0.25, 0.3) is 0 Å². The van der Waals surface area contributed by atoms with Crippen LogP contribution >= 0.6 is 0 Å². The standard InChI is InChI=1S/C14H20N2O/c1-13(17)16-11-9-15(10-12-16)8-7-14-5-3-2-4-6-14/h2-6H,7-12H2,1H3/p+1. The number of amides is 1. The van der Waals surface area contributed by atoms with E-state index in [4.69, 9.17) is 0 Å². The lowest BCUT2D eigenvalue weighted by molar-refractivity contribution is -0.903. The molecular weight excluding hydrogens is 212 g/mol. The molecule has 1 aliphatic rings. The maximum absolute atomic E-state index is 11.2. The predicted octanol–water partition coefficient (Wildman–Crippen LogP) is -0.0239. The second-order valence-corrected chi connectivity index (χ2v) is 4.74. The number of hydrogen-bond donors (Lipinski definition) is 1. The molecule has 3 nitrogen and oxygen atoms in total. The fourth-order valence-electron chi connectivity index (χ4n) is 2.35. The van der Waals surface area contributed by atoms with Crippen LogP contribution in [0.1, 0.15) is 12.5 Å². The molecular formula is C14H21N2O+. The highest BCUT2D eigenvalue weighted by molar-refractivity contribution is 5.73. The van der Waals surface area contributed by atoms with E-state index in [-0.39, 0.29) is 5.91 Å². The normalized spacial score (nSPS) is 17.1. The molecule has 92 valence electrons. The van der Waals surface area contributed by atoms with Crippen LogP contribution < -0.4 is 4.90 Å². The summed E-state index contributed by atoms with van der Waals surface area (Å²) < 4.78 is 0. The second-order valence-electron chi connectivity index (χ2n) is 4.74. The molecule has 0 unspecified atom stereocenters. The van der Waals surface area contributed by atoms with E-state index in [0.717, 1.165) is 32.6 Å². The lowest BCUT2D eigenvalue weighted by Gasteiger charge is -2.31. The Balaban J connectivity index is 1.74. The lowest BCUT2D eigenvalue weighted by Crippen LogP contribution is -3.15. The van der Waals surface area contributed by atoms with Crippen molar-refractivity contribution in [3.05, 3.63) is 35.9 Å². The molecule has 1 aromatic rings. The van der Waals surface area contributed by atoms with Crippen molar-refractivity contribution in [2.75, 3.05) is 32.7 Å². The molecule has 0 aliphatic carbocycles. The van der Waals surface area contributed by atoms with E-state index in [9.17, 15) is 4.79 Å². The van der Waals surface area contributed by atoms with Crippen LogP contribution in [0.15, 0.2) is 30.3 Å². The van der Waals surface area contributed by atoms with E-state index in [1.165, 1.54) is 12.1 Å². The van der Waals surface area contributed by atoms with Gasteiger partial charge in [-0.1, -0.05) is 30.3 Å². The Morgan fingerprint density at radius 3 is 2.47 bits per heavy atom. The van der Waals surface area contributed by atoms with Gasteiger partial charge in [-0.05, 0) is 5.56 Å². The number of carbonyl (C=O) groups is 1. The minimum atomic E-state index is 0.215. The van der Waals surface area contributed by atoms with Crippen LogP contribution in [0.4, 0.5) is 0 Å². The molecule has 2 rings (SSSR count). The van der Waals surface area contributed by atoms with Crippen LogP contribution in [-0.2, 0) is 11.2 Å². The molecule has 1 saturated heterocycles. The third-order valence-electron chi connectivity index (χ3n) is 3.53. The van der Waals surface area contributed by atoms with Gasteiger partial charge in [0.15, 0.2) is 0 Å². The maximum Gasteiger partial charge on any atom is 0.219 e. The zero-order chi connectivity index (χ0) is 12.1. The zero-order valence-corrected chi connectivity index (χ0v) is 10.5. The summed E-state index contributed by atoms with van der Waals surface area (Å²) in [6, 6.07) is 10.6. The summed E-state index contributed by atoms with van der Waals surface area (Å²) in [5, 5.41) is 0. The smallest absolute Gasteiger partial charge is 0.219 e. The molecule has 1 amide bonds. The fraction of sp³-hybridized carbons (Fsp3) is 0.500. The summed E-state index contributed by atoms with van der Waals surface area (Å²) in [6.07, 6.45) is 1.14. The van der Waals surface area contributed by atoms with Crippen molar-refractivity contribution < 1.29 is 9.69 Å². The van der Waals surface area contributed by atoms with E-state index < -0.39 is 0 Å². The van der Waals surface area contributed by atoms with E-state index in [2.05, 4.69) is 30.3 Å². The molecule has 0 bridgehead atoms. The average Bonchev–Trinajstić information content (AvgIpc) is 2.38. The van der Waals surface area contributed by atoms with Gasteiger partial charge in [-0.25, -0.2) is 0 Å². The van der Waals surface area contributed by atoms with Crippen molar-refractivity contribution in [2.45, 2.75) is 13.3 Å². The number of nitrogens with zero attached hydrogens (tertiary/aromatic N) is 1. The summed E-state index contributed by atoms with van der Waals surface area (Å²) in [5.41, 5.74) is 1.41. The summed E-state index contributed by atoms with van der Waals surface area (Å²) in [5.74, 6) is 0.215. The van der Waals surface area contributed by atoms with Crippen LogP contribution in [0, 0.1) is 0 Å². The van der Waals surface area contributed by atoms with Crippen molar-refractivity contribution in [2.24, 2.45) is 0 Å². The predicted molar refractivity (Wildman–Crippen MR) is 68.0 cm³/mol. The summed E-state index contributed by atoms with van der Waals surface area (Å²) in [7, 11) is 0. The average molecular weight is 233 g/mol. The van der Waals surface area contributed by atoms with Crippen LogP contribution in [0.2, 0.25) is 0 Å². The zero-order valence-electron chi connectivity index (χ0n) is 10.5. The van der Waals surface area contributed by atoms with Crippen molar-refractivity contribution in [1.82, 2.24) is 4.90 Å². The third-order valence-corrected chi connectivity index (χ3v) is 3.53. The van der Waals surface area contributed by atoms with Crippen molar-refractivity contribution in [3.63, 3.8) is 0 Å². The highest BCUT2D eigenvalue weighted by atomic mass is 16.2. The Bertz CT molecular complexity index is 356. The molecule has 17 heavy (non-hydrogen) atoms. The monoisotopic (exact) mass is 233 g/mol. The summed E-state index contributed by atoms with van der Waals surface area (Å²) in [4.78, 5) is 14.8.